The lowest BCUT2D eigenvalue weighted by Crippen LogP contribution is -3.00. The Morgan fingerprint density at radius 1 is 1.46 bits per heavy atom. The highest BCUT2D eigenvalue weighted by Gasteiger charge is 2.21. The van der Waals surface area contributed by atoms with Gasteiger partial charge in [-0.25, -0.2) is 0 Å². The normalized spacial score (nSPS) is 14.1. The van der Waals surface area contributed by atoms with Gasteiger partial charge in [-0.2, -0.15) is 9.83 Å². The molecule has 0 saturated carbocycles. The Labute approximate surface area is 88.2 Å². The highest BCUT2D eigenvalue weighted by Crippen LogP contribution is 2.21. The van der Waals surface area contributed by atoms with Gasteiger partial charge in [-0.05, 0) is 19.3 Å². The van der Waals surface area contributed by atoms with Gasteiger partial charge in [0.1, 0.15) is 6.07 Å². The van der Waals surface area contributed by atoms with Crippen LogP contribution in [0.4, 0.5) is 0 Å². The molecule has 2 nitrogen and oxygen atoms in total. The summed E-state index contributed by atoms with van der Waals surface area (Å²) in [5, 5.41) is 8.57. The van der Waals surface area contributed by atoms with Crippen molar-refractivity contribution in [1.82, 2.24) is 0 Å². The number of rotatable bonds is 1. The molecule has 70 valence electrons. The summed E-state index contributed by atoms with van der Waals surface area (Å²) >= 11 is 1.80. The van der Waals surface area contributed by atoms with Crippen molar-refractivity contribution in [3.8, 4) is 6.07 Å². The quantitative estimate of drug-likeness (QED) is 0.520. The molecule has 0 fully saturated rings. The number of hydrogen-bond donors (Lipinski definition) is 0. The summed E-state index contributed by atoms with van der Waals surface area (Å²) in [6, 6.07) is 2.19. The molecule has 4 heteroatoms. The third-order valence-electron chi connectivity index (χ3n) is 2.30. The minimum Gasteiger partial charge on any atom is -1.00 e. The van der Waals surface area contributed by atoms with E-state index in [0.29, 0.717) is 6.54 Å². The van der Waals surface area contributed by atoms with Crippen LogP contribution in [0.2, 0.25) is 0 Å². The molecule has 1 aromatic heterocycles. The standard InChI is InChI=1S/C9H11N2S.ClH/c10-5-6-11-7-12-9-4-2-1-3-8(9)11;/h7H,1-4,6H2;1H/q+1;/p-1. The van der Waals surface area contributed by atoms with Crippen LogP contribution in [0.3, 0.4) is 0 Å². The summed E-state index contributed by atoms with van der Waals surface area (Å²) < 4.78 is 2.10. The Kier molecular flexibility index (Phi) is 3.71. The minimum atomic E-state index is 0. The average molecular weight is 215 g/mol. The number of halogens is 1. The Hall–Kier alpha value is -0.590. The van der Waals surface area contributed by atoms with E-state index in [1.54, 1.807) is 11.3 Å². The lowest BCUT2D eigenvalue weighted by atomic mass is 10.0. The molecule has 0 radical (unpaired) electrons. The van der Waals surface area contributed by atoms with Gasteiger partial charge in [-0.1, -0.05) is 11.3 Å². The first-order valence-corrected chi connectivity index (χ1v) is 5.15. The fourth-order valence-electron chi connectivity index (χ4n) is 1.69. The van der Waals surface area contributed by atoms with Crippen LogP contribution in [-0.4, -0.2) is 0 Å². The fraction of sp³-hybridized carbons (Fsp3) is 0.556. The summed E-state index contributed by atoms with van der Waals surface area (Å²) in [5.74, 6) is 0. The first kappa shape index (κ1) is 10.5. The number of nitrogens with zero attached hydrogens (tertiary/aromatic N) is 2. The highest BCUT2D eigenvalue weighted by molar-refractivity contribution is 7.09. The first-order valence-electron chi connectivity index (χ1n) is 4.27. The van der Waals surface area contributed by atoms with Gasteiger partial charge in [-0.3, -0.25) is 0 Å². The molecule has 0 amide bonds. The van der Waals surface area contributed by atoms with Crippen LogP contribution in [0.5, 0.6) is 0 Å². The maximum atomic E-state index is 8.57. The van der Waals surface area contributed by atoms with Gasteiger partial charge in [0, 0.05) is 6.42 Å². The molecule has 0 saturated heterocycles. The van der Waals surface area contributed by atoms with Crippen molar-refractivity contribution < 1.29 is 17.0 Å². The molecule has 13 heavy (non-hydrogen) atoms. The molecule has 1 heterocycles. The lowest BCUT2D eigenvalue weighted by Gasteiger charge is -2.05. The molecular weight excluding hydrogens is 204 g/mol. The van der Waals surface area contributed by atoms with E-state index in [1.165, 1.54) is 36.3 Å². The smallest absolute Gasteiger partial charge is 0.235 e. The number of nitriles is 1. The molecule has 0 unspecified atom stereocenters. The molecular formula is C9H11ClN2S. The second-order valence-electron chi connectivity index (χ2n) is 3.09. The van der Waals surface area contributed by atoms with Gasteiger partial charge in [0.25, 0.3) is 0 Å². The molecule has 0 aromatic carbocycles. The largest absolute Gasteiger partial charge is 1.00 e. The van der Waals surface area contributed by atoms with Crippen LogP contribution in [0, 0.1) is 11.3 Å². The number of hydrogen-bond acceptors (Lipinski definition) is 2. The van der Waals surface area contributed by atoms with Gasteiger partial charge >= 0.3 is 0 Å². The molecule has 0 atom stereocenters. The second kappa shape index (κ2) is 4.59. The van der Waals surface area contributed by atoms with Crippen LogP contribution >= 0.6 is 11.3 Å². The van der Waals surface area contributed by atoms with E-state index in [2.05, 4.69) is 16.1 Å². The molecule has 0 N–H and O–H groups in total. The highest BCUT2D eigenvalue weighted by atomic mass is 35.5. The Bertz CT molecular complexity index is 327. The Balaban J connectivity index is 0.000000845. The molecule has 0 spiro atoms. The van der Waals surface area contributed by atoms with E-state index < -0.39 is 0 Å². The summed E-state index contributed by atoms with van der Waals surface area (Å²) in [5.41, 5.74) is 3.49. The van der Waals surface area contributed by atoms with Crippen molar-refractivity contribution in [2.45, 2.75) is 32.2 Å². The molecule has 1 aliphatic rings. The predicted molar refractivity (Wildman–Crippen MR) is 46.8 cm³/mol. The zero-order chi connectivity index (χ0) is 8.39. The maximum absolute atomic E-state index is 8.57. The minimum absolute atomic E-state index is 0. The third-order valence-corrected chi connectivity index (χ3v) is 3.38. The summed E-state index contributed by atoms with van der Waals surface area (Å²) in [7, 11) is 0. The van der Waals surface area contributed by atoms with Gasteiger partial charge in [0.2, 0.25) is 12.1 Å². The van der Waals surface area contributed by atoms with Crippen molar-refractivity contribution in [2.24, 2.45) is 0 Å². The predicted octanol–water partition coefficient (Wildman–Crippen LogP) is -1.56. The van der Waals surface area contributed by atoms with Crippen molar-refractivity contribution in [3.05, 3.63) is 16.1 Å². The van der Waals surface area contributed by atoms with Gasteiger partial charge in [0.15, 0.2) is 5.69 Å². The average Bonchev–Trinajstić information content (AvgIpc) is 2.50. The maximum Gasteiger partial charge on any atom is 0.235 e. The molecule has 1 aromatic rings. The first-order chi connectivity index (χ1) is 5.92. The van der Waals surface area contributed by atoms with E-state index in [9.17, 15) is 0 Å². The molecule has 0 aliphatic heterocycles. The van der Waals surface area contributed by atoms with E-state index in [1.807, 2.05) is 0 Å². The van der Waals surface area contributed by atoms with Gasteiger partial charge in [-0.15, -0.1) is 0 Å². The van der Waals surface area contributed by atoms with Gasteiger partial charge in [0.05, 0.1) is 4.88 Å². The topological polar surface area (TPSA) is 27.7 Å². The van der Waals surface area contributed by atoms with E-state index in [-0.39, 0.29) is 12.4 Å². The number of thiazole rings is 1. The lowest BCUT2D eigenvalue weighted by molar-refractivity contribution is -0.688. The van der Waals surface area contributed by atoms with Crippen molar-refractivity contribution >= 4 is 11.3 Å². The van der Waals surface area contributed by atoms with Crippen LogP contribution in [0.1, 0.15) is 23.4 Å². The van der Waals surface area contributed by atoms with E-state index >= 15 is 0 Å². The summed E-state index contributed by atoms with van der Waals surface area (Å²) in [6.45, 7) is 0.520. The Morgan fingerprint density at radius 2 is 2.23 bits per heavy atom. The number of aryl methyl sites for hydroxylation is 1. The van der Waals surface area contributed by atoms with Crippen molar-refractivity contribution in [1.29, 1.82) is 5.26 Å². The summed E-state index contributed by atoms with van der Waals surface area (Å²) in [6.07, 6.45) is 4.99. The molecule has 2 rings (SSSR count). The third kappa shape index (κ3) is 2.01. The molecule has 0 bridgehead atoms. The van der Waals surface area contributed by atoms with E-state index in [4.69, 9.17) is 5.26 Å². The number of fused-ring (bicyclic) bond motifs is 1. The fourth-order valence-corrected chi connectivity index (χ4v) is 2.77. The van der Waals surface area contributed by atoms with Crippen molar-refractivity contribution in [3.63, 3.8) is 0 Å². The number of aromatic nitrogens is 1. The zero-order valence-corrected chi connectivity index (χ0v) is 8.87. The monoisotopic (exact) mass is 214 g/mol. The van der Waals surface area contributed by atoms with Crippen molar-refractivity contribution in [2.75, 3.05) is 0 Å². The Morgan fingerprint density at radius 3 is 3.00 bits per heavy atom. The van der Waals surface area contributed by atoms with Crippen LogP contribution in [0.15, 0.2) is 5.51 Å². The van der Waals surface area contributed by atoms with Crippen LogP contribution in [-0.2, 0) is 19.4 Å². The van der Waals surface area contributed by atoms with Crippen LogP contribution < -0.4 is 17.0 Å². The second-order valence-corrected chi connectivity index (χ2v) is 4.03. The van der Waals surface area contributed by atoms with Gasteiger partial charge < -0.3 is 12.4 Å². The van der Waals surface area contributed by atoms with E-state index in [0.717, 1.165) is 0 Å². The SMILES string of the molecule is N#CC[n+]1csc2c1CCCC2.[Cl-]. The summed E-state index contributed by atoms with van der Waals surface area (Å²) in [4.78, 5) is 1.50. The zero-order valence-electron chi connectivity index (χ0n) is 7.29. The van der Waals surface area contributed by atoms with Crippen LogP contribution in [0.25, 0.3) is 0 Å². The molecule has 1 aliphatic carbocycles.